The Morgan fingerprint density at radius 1 is 0.730 bits per heavy atom. The van der Waals surface area contributed by atoms with Gasteiger partial charge < -0.3 is 18.5 Å². The van der Waals surface area contributed by atoms with Gasteiger partial charge in [-0.2, -0.15) is 0 Å². The summed E-state index contributed by atoms with van der Waals surface area (Å²) in [7, 11) is -4.36. The molecule has 0 aliphatic heterocycles. The molecule has 0 radical (unpaired) electrons. The van der Waals surface area contributed by atoms with Gasteiger partial charge in [0, 0.05) is 33.5 Å². The van der Waals surface area contributed by atoms with Gasteiger partial charge in [-0.3, -0.25) is 0 Å². The third-order valence-electron chi connectivity index (χ3n) is 4.97. The van der Waals surface area contributed by atoms with E-state index in [1.165, 1.54) is 6.07 Å². The van der Waals surface area contributed by atoms with Crippen molar-refractivity contribution in [2.24, 2.45) is 0 Å². The first-order valence-corrected chi connectivity index (χ1v) is 13.2. The number of rotatable bonds is 9. The van der Waals surface area contributed by atoms with Gasteiger partial charge in [0.25, 0.3) is 0 Å². The van der Waals surface area contributed by atoms with Crippen molar-refractivity contribution in [2.75, 3.05) is 0 Å². The molecule has 0 bridgehead atoms. The molecule has 0 aromatic heterocycles. The van der Waals surface area contributed by atoms with Crippen LogP contribution in [0.4, 0.5) is 0 Å². The van der Waals surface area contributed by atoms with E-state index in [0.717, 1.165) is 12.2 Å². The van der Waals surface area contributed by atoms with Gasteiger partial charge in [0.1, 0.15) is 22.6 Å². The number of halogens is 1. The Balaban J connectivity index is 2.03. The van der Waals surface area contributed by atoms with E-state index in [4.69, 9.17) is 18.5 Å². The van der Waals surface area contributed by atoms with Crippen molar-refractivity contribution < 1.29 is 32.7 Å². The number of carbonyl (C=O) groups is 2. The number of hydrogen-bond donors (Lipinski definition) is 0. The first kappa shape index (κ1) is 25.9. The van der Waals surface area contributed by atoms with Crippen molar-refractivity contribution in [3.63, 3.8) is 0 Å². The van der Waals surface area contributed by atoms with Gasteiger partial charge in [0.2, 0.25) is 0 Å². The molecule has 4 aromatic rings. The number of hydrogen-bond acceptors (Lipinski definition) is 7. The number of esters is 2. The number of fused-ring (bicyclic) bond motifs is 1. The molecule has 9 heteroatoms. The van der Waals surface area contributed by atoms with Crippen molar-refractivity contribution in [1.82, 2.24) is 0 Å². The van der Waals surface area contributed by atoms with Crippen LogP contribution in [0.1, 0.15) is 0 Å². The van der Waals surface area contributed by atoms with Gasteiger partial charge in [-0.05, 0) is 42.5 Å². The topological polar surface area (TPSA) is 88.1 Å². The third kappa shape index (κ3) is 6.00. The Labute approximate surface area is 221 Å². The van der Waals surface area contributed by atoms with Crippen LogP contribution in [0, 0.1) is 0 Å². The molecule has 37 heavy (non-hydrogen) atoms. The molecule has 186 valence electrons. The maximum Gasteiger partial charge on any atom is 0.466 e. The van der Waals surface area contributed by atoms with Gasteiger partial charge in [-0.1, -0.05) is 65.5 Å². The number of para-hydroxylation sites is 2. The van der Waals surface area contributed by atoms with Crippen LogP contribution in [-0.4, -0.2) is 11.9 Å². The van der Waals surface area contributed by atoms with E-state index < -0.39 is 19.5 Å². The minimum absolute atomic E-state index is 0.0307. The first-order valence-electron chi connectivity index (χ1n) is 10.9. The molecule has 0 heterocycles. The zero-order valence-electron chi connectivity index (χ0n) is 19.3. The summed E-state index contributed by atoms with van der Waals surface area (Å²) in [6.45, 7) is 6.89. The fraction of sp³-hybridized carbons (Fsp3) is 0. The summed E-state index contributed by atoms with van der Waals surface area (Å²) >= 11 is 3.40. The highest BCUT2D eigenvalue weighted by Gasteiger charge is 2.38. The van der Waals surface area contributed by atoms with Crippen LogP contribution in [0.2, 0.25) is 0 Å². The molecule has 0 fully saturated rings. The molecule has 7 nitrogen and oxygen atoms in total. The van der Waals surface area contributed by atoms with Crippen molar-refractivity contribution in [3.05, 3.63) is 115 Å². The molecule has 0 aliphatic carbocycles. The number of carbonyl (C=O) groups excluding carboxylic acids is 2. The SMILES string of the molecule is C=CC(=O)Oc1cc(P(=O)(Oc2ccccc2)Oc2ccccc2)c(OC(=O)C=C)c2ccc(Br)cc12. The molecule has 0 atom stereocenters. The summed E-state index contributed by atoms with van der Waals surface area (Å²) in [6.07, 6.45) is 1.97. The lowest BCUT2D eigenvalue weighted by Gasteiger charge is -2.23. The van der Waals surface area contributed by atoms with Gasteiger partial charge in [-0.25, -0.2) is 14.2 Å². The van der Waals surface area contributed by atoms with Crippen LogP contribution < -0.4 is 23.8 Å². The molecule has 4 aromatic carbocycles. The monoisotopic (exact) mass is 578 g/mol. The largest absolute Gasteiger partial charge is 0.466 e. The van der Waals surface area contributed by atoms with Crippen LogP contribution >= 0.6 is 23.5 Å². The molecule has 0 saturated carbocycles. The summed E-state index contributed by atoms with van der Waals surface area (Å²) in [5.74, 6) is -1.13. The summed E-state index contributed by atoms with van der Waals surface area (Å²) in [5.41, 5.74) is 0. The molecule has 0 spiro atoms. The summed E-state index contributed by atoms with van der Waals surface area (Å²) in [6, 6.07) is 23.1. The van der Waals surface area contributed by atoms with Gasteiger partial charge in [0.15, 0.2) is 5.75 Å². The van der Waals surface area contributed by atoms with E-state index in [1.807, 2.05) is 0 Å². The second-order valence-electron chi connectivity index (χ2n) is 7.47. The van der Waals surface area contributed by atoms with Crippen LogP contribution in [0.15, 0.2) is 115 Å². The van der Waals surface area contributed by atoms with E-state index in [0.29, 0.717) is 15.2 Å². The Bertz CT molecular complexity index is 1490. The van der Waals surface area contributed by atoms with Gasteiger partial charge in [-0.15, -0.1) is 0 Å². The fourth-order valence-corrected chi connectivity index (χ4v) is 5.45. The van der Waals surface area contributed by atoms with Crippen molar-refractivity contribution >= 4 is 51.5 Å². The normalized spacial score (nSPS) is 10.8. The number of benzene rings is 4. The molecular weight excluding hydrogens is 559 g/mol. The molecule has 4 rings (SSSR count). The van der Waals surface area contributed by atoms with E-state index in [1.54, 1.807) is 78.9 Å². The molecule has 0 aliphatic rings. The Morgan fingerprint density at radius 3 is 1.81 bits per heavy atom. The average molecular weight is 579 g/mol. The van der Waals surface area contributed by atoms with E-state index in [9.17, 15) is 14.2 Å². The second kappa shape index (κ2) is 11.3. The zero-order chi connectivity index (χ0) is 26.4. The van der Waals surface area contributed by atoms with Crippen LogP contribution in [0.5, 0.6) is 23.0 Å². The van der Waals surface area contributed by atoms with E-state index in [-0.39, 0.29) is 28.3 Å². The Hall–Kier alpha value is -4.13. The predicted octanol–water partition coefficient (Wildman–Crippen LogP) is 6.76. The third-order valence-corrected chi connectivity index (χ3v) is 7.29. The molecular formula is C28H20BrO7P. The molecule has 0 unspecified atom stereocenters. The van der Waals surface area contributed by atoms with Gasteiger partial charge in [0.05, 0.1) is 0 Å². The van der Waals surface area contributed by atoms with Crippen molar-refractivity contribution in [3.8, 4) is 23.0 Å². The van der Waals surface area contributed by atoms with Crippen LogP contribution in [0.25, 0.3) is 10.8 Å². The molecule has 0 N–H and O–H groups in total. The average Bonchev–Trinajstić information content (AvgIpc) is 2.90. The quantitative estimate of drug-likeness (QED) is 0.0937. The predicted molar refractivity (Wildman–Crippen MR) is 145 cm³/mol. The maximum atomic E-state index is 14.6. The van der Waals surface area contributed by atoms with Gasteiger partial charge >= 0.3 is 19.5 Å². The summed E-state index contributed by atoms with van der Waals surface area (Å²) in [4.78, 5) is 24.6. The summed E-state index contributed by atoms with van der Waals surface area (Å²) < 4.78 is 38.3. The highest BCUT2D eigenvalue weighted by molar-refractivity contribution is 9.10. The molecule has 0 saturated heterocycles. The second-order valence-corrected chi connectivity index (χ2v) is 10.2. The zero-order valence-corrected chi connectivity index (χ0v) is 21.8. The van der Waals surface area contributed by atoms with E-state index >= 15 is 0 Å². The molecule has 0 amide bonds. The lowest BCUT2D eigenvalue weighted by Crippen LogP contribution is -2.21. The highest BCUT2D eigenvalue weighted by Crippen LogP contribution is 2.52. The van der Waals surface area contributed by atoms with Crippen molar-refractivity contribution in [1.29, 1.82) is 0 Å². The fourth-order valence-electron chi connectivity index (χ4n) is 3.37. The Morgan fingerprint density at radius 2 is 1.27 bits per heavy atom. The lowest BCUT2D eigenvalue weighted by atomic mass is 10.1. The van der Waals surface area contributed by atoms with E-state index in [2.05, 4.69) is 29.1 Å². The smallest absolute Gasteiger partial charge is 0.423 e. The highest BCUT2D eigenvalue weighted by atomic mass is 79.9. The van der Waals surface area contributed by atoms with Crippen LogP contribution in [0.3, 0.4) is 0 Å². The minimum Gasteiger partial charge on any atom is -0.423 e. The Kier molecular flexibility index (Phi) is 7.92. The first-order chi connectivity index (χ1) is 17.8. The summed E-state index contributed by atoms with van der Waals surface area (Å²) in [5, 5.41) is 0.569. The lowest BCUT2D eigenvalue weighted by molar-refractivity contribution is -0.129. The van der Waals surface area contributed by atoms with Crippen LogP contribution in [-0.2, 0) is 14.2 Å². The van der Waals surface area contributed by atoms with Crippen molar-refractivity contribution in [2.45, 2.75) is 0 Å². The maximum absolute atomic E-state index is 14.6. The standard InChI is InChI=1S/C28H20BrO7P/c1-3-26(30)33-24-18-25(28(34-27(31)4-2)22-16-15-19(29)17-23(22)24)37(32,35-20-11-7-5-8-12-20)36-21-13-9-6-10-14-21/h3-18H,1-2H2. The minimum atomic E-state index is -4.36. The number of ether oxygens (including phenoxy) is 2.